The SMILES string of the molecule is N#Cc1cc(F)c2nc([C@@]3(O)[C@@H]4CC[C@H]3C[C@@H](OCc3c(-c5ccccc5OC(F)F)noc3C3CC3)C4)sc2c1. The molecule has 0 amide bonds. The van der Waals surface area contributed by atoms with Crippen LogP contribution in [-0.2, 0) is 16.9 Å². The van der Waals surface area contributed by atoms with Crippen molar-refractivity contribution in [2.24, 2.45) is 11.8 Å². The lowest BCUT2D eigenvalue weighted by Gasteiger charge is -2.41. The van der Waals surface area contributed by atoms with Crippen molar-refractivity contribution in [2.75, 3.05) is 0 Å². The zero-order valence-corrected chi connectivity index (χ0v) is 22.7. The number of hydrogen-bond donors (Lipinski definition) is 1. The fourth-order valence-electron chi connectivity index (χ4n) is 6.61. The van der Waals surface area contributed by atoms with Gasteiger partial charge in [0.1, 0.15) is 33.3 Å². The first-order chi connectivity index (χ1) is 19.8. The number of hydrogen-bond acceptors (Lipinski definition) is 8. The topological polar surface area (TPSA) is 101 Å². The van der Waals surface area contributed by atoms with Gasteiger partial charge in [0.2, 0.25) is 0 Å². The van der Waals surface area contributed by atoms with E-state index in [1.165, 1.54) is 23.5 Å². The summed E-state index contributed by atoms with van der Waals surface area (Å²) >= 11 is 1.24. The second kappa shape index (κ2) is 10.1. The highest BCUT2D eigenvalue weighted by Crippen LogP contribution is 2.57. The summed E-state index contributed by atoms with van der Waals surface area (Å²) in [6.07, 6.45) is 4.58. The molecule has 0 spiro atoms. The van der Waals surface area contributed by atoms with Gasteiger partial charge in [0.15, 0.2) is 5.82 Å². The van der Waals surface area contributed by atoms with E-state index in [0.717, 1.165) is 37.0 Å². The van der Waals surface area contributed by atoms with Gasteiger partial charge in [-0.25, -0.2) is 9.37 Å². The summed E-state index contributed by atoms with van der Waals surface area (Å²) in [4.78, 5) is 4.50. The summed E-state index contributed by atoms with van der Waals surface area (Å²) in [5, 5.41) is 25.9. The molecule has 7 nitrogen and oxygen atoms in total. The van der Waals surface area contributed by atoms with Crippen molar-refractivity contribution in [1.82, 2.24) is 10.1 Å². The number of benzene rings is 2. The Morgan fingerprint density at radius 1 is 1.15 bits per heavy atom. The van der Waals surface area contributed by atoms with Crippen LogP contribution in [0.2, 0.25) is 0 Å². The van der Waals surface area contributed by atoms with Gasteiger partial charge < -0.3 is 19.1 Å². The molecule has 0 radical (unpaired) electrons. The number of rotatable bonds is 8. The van der Waals surface area contributed by atoms with Crippen molar-refractivity contribution in [1.29, 1.82) is 5.26 Å². The third kappa shape index (κ3) is 4.58. The lowest BCUT2D eigenvalue weighted by atomic mass is 9.73. The molecule has 0 unspecified atom stereocenters. The molecule has 4 aromatic rings. The maximum atomic E-state index is 14.6. The van der Waals surface area contributed by atoms with Crippen molar-refractivity contribution < 1.29 is 32.3 Å². The van der Waals surface area contributed by atoms with Crippen LogP contribution in [0.25, 0.3) is 21.5 Å². The number of alkyl halides is 2. The molecule has 3 saturated carbocycles. The minimum atomic E-state index is -2.97. The fraction of sp³-hybridized carbons (Fsp3) is 0.433. The smallest absolute Gasteiger partial charge is 0.387 e. The first-order valence-electron chi connectivity index (χ1n) is 13.7. The lowest BCUT2D eigenvalue weighted by molar-refractivity contribution is -0.116. The van der Waals surface area contributed by atoms with Gasteiger partial charge in [-0.3, -0.25) is 0 Å². The van der Waals surface area contributed by atoms with Gasteiger partial charge in [-0.05, 0) is 74.6 Å². The molecule has 0 saturated heterocycles. The van der Waals surface area contributed by atoms with E-state index in [4.69, 9.17) is 14.0 Å². The molecule has 3 fully saturated rings. The molecule has 2 aromatic carbocycles. The van der Waals surface area contributed by atoms with Crippen LogP contribution >= 0.6 is 11.3 Å². The molecule has 212 valence electrons. The van der Waals surface area contributed by atoms with E-state index in [1.807, 2.05) is 6.07 Å². The van der Waals surface area contributed by atoms with Crippen molar-refractivity contribution in [3.63, 3.8) is 0 Å². The van der Waals surface area contributed by atoms with Gasteiger partial charge in [-0.1, -0.05) is 17.3 Å². The van der Waals surface area contributed by atoms with Crippen LogP contribution in [0.1, 0.15) is 66.3 Å². The Morgan fingerprint density at radius 3 is 2.61 bits per heavy atom. The standard InChI is InChI=1S/C30H26F3N3O4S/c31-22-9-15(13-34)10-24-26(22)35-28(41-24)30(37)17-7-8-18(30)12-19(11-17)38-14-21-25(36-40-27(21)16-5-6-16)20-3-1-2-4-23(20)39-29(32)33/h1-4,9-10,16-19,29,37H,5-8,11-12,14H2/t17-,18+,19+,30-. The van der Waals surface area contributed by atoms with Crippen molar-refractivity contribution in [2.45, 2.75) is 69.4 Å². The number of ether oxygens (including phenoxy) is 2. The molecule has 41 heavy (non-hydrogen) atoms. The van der Waals surface area contributed by atoms with Crippen molar-refractivity contribution in [3.05, 3.63) is 64.1 Å². The average Bonchev–Trinajstić information content (AvgIpc) is 3.52. The monoisotopic (exact) mass is 581 g/mol. The first-order valence-corrected chi connectivity index (χ1v) is 14.5. The van der Waals surface area contributed by atoms with Gasteiger partial charge in [0.25, 0.3) is 0 Å². The molecule has 0 aliphatic heterocycles. The molecule has 3 aliphatic rings. The van der Waals surface area contributed by atoms with Crippen LogP contribution in [0.5, 0.6) is 5.75 Å². The van der Waals surface area contributed by atoms with Crippen LogP contribution in [0, 0.1) is 29.0 Å². The Labute approximate surface area is 237 Å². The summed E-state index contributed by atoms with van der Waals surface area (Å²) in [6, 6.07) is 11.3. The quantitative estimate of drug-likeness (QED) is 0.238. The molecule has 3 aliphatic carbocycles. The maximum Gasteiger partial charge on any atom is 0.387 e. The number of halogens is 3. The highest BCUT2D eigenvalue weighted by molar-refractivity contribution is 7.18. The Bertz CT molecular complexity index is 1650. The Balaban J connectivity index is 1.13. The van der Waals surface area contributed by atoms with E-state index in [9.17, 15) is 23.5 Å². The third-order valence-corrected chi connectivity index (χ3v) is 9.85. The van der Waals surface area contributed by atoms with E-state index in [1.54, 1.807) is 24.3 Å². The van der Waals surface area contributed by atoms with Gasteiger partial charge in [-0.2, -0.15) is 14.0 Å². The Kier molecular flexibility index (Phi) is 6.52. The molecule has 2 aromatic heterocycles. The Morgan fingerprint density at radius 2 is 1.90 bits per heavy atom. The molecular weight excluding hydrogens is 555 g/mol. The fourth-order valence-corrected chi connectivity index (χ4v) is 7.88. The number of aromatic nitrogens is 2. The van der Waals surface area contributed by atoms with Gasteiger partial charge in [0, 0.05) is 17.0 Å². The largest absolute Gasteiger partial charge is 0.434 e. The number of para-hydroxylation sites is 1. The molecule has 1 N–H and O–H groups in total. The summed E-state index contributed by atoms with van der Waals surface area (Å²) in [7, 11) is 0. The molecule has 7 rings (SSSR count). The number of thiazole rings is 1. The highest BCUT2D eigenvalue weighted by Gasteiger charge is 2.56. The molecule has 11 heteroatoms. The van der Waals surface area contributed by atoms with Crippen LogP contribution in [0.4, 0.5) is 13.2 Å². The summed E-state index contributed by atoms with van der Waals surface area (Å²) in [5.74, 6) is 0.174. The van der Waals surface area contributed by atoms with Crippen LogP contribution in [0.3, 0.4) is 0 Å². The van der Waals surface area contributed by atoms with E-state index in [2.05, 4.69) is 10.1 Å². The first kappa shape index (κ1) is 26.4. The second-order valence-corrected chi connectivity index (χ2v) is 12.2. The van der Waals surface area contributed by atoms with E-state index >= 15 is 0 Å². The number of aliphatic hydroxyl groups is 1. The minimum absolute atomic E-state index is 0.0225. The number of fused-ring (bicyclic) bond motifs is 3. The minimum Gasteiger partial charge on any atom is -0.434 e. The average molecular weight is 582 g/mol. The summed E-state index contributed by atoms with van der Waals surface area (Å²) in [6.45, 7) is -2.78. The summed E-state index contributed by atoms with van der Waals surface area (Å²) in [5.41, 5.74) is 0.809. The zero-order valence-electron chi connectivity index (χ0n) is 21.9. The lowest BCUT2D eigenvalue weighted by Crippen LogP contribution is -2.44. The van der Waals surface area contributed by atoms with E-state index < -0.39 is 18.0 Å². The second-order valence-electron chi connectivity index (χ2n) is 11.2. The van der Waals surface area contributed by atoms with Gasteiger partial charge >= 0.3 is 6.61 Å². The van der Waals surface area contributed by atoms with E-state index in [-0.39, 0.29) is 47.3 Å². The summed E-state index contributed by atoms with van der Waals surface area (Å²) < 4.78 is 58.2. The third-order valence-electron chi connectivity index (χ3n) is 8.71. The van der Waals surface area contributed by atoms with Crippen molar-refractivity contribution >= 4 is 21.6 Å². The van der Waals surface area contributed by atoms with Crippen LogP contribution in [0.15, 0.2) is 40.9 Å². The predicted octanol–water partition coefficient (Wildman–Crippen LogP) is 7.03. The molecule has 4 atom stereocenters. The predicted molar refractivity (Wildman–Crippen MR) is 143 cm³/mol. The molecular formula is C30H26F3N3O4S. The normalized spacial score (nSPS) is 25.6. The Hall–Kier alpha value is -3.46. The molecule has 2 bridgehead atoms. The molecule has 2 heterocycles. The highest BCUT2D eigenvalue weighted by atomic mass is 32.1. The van der Waals surface area contributed by atoms with Gasteiger partial charge in [-0.15, -0.1) is 11.3 Å². The van der Waals surface area contributed by atoms with Crippen LogP contribution < -0.4 is 4.74 Å². The number of nitriles is 1. The van der Waals surface area contributed by atoms with E-state index in [0.29, 0.717) is 33.8 Å². The van der Waals surface area contributed by atoms with Crippen LogP contribution in [-0.4, -0.2) is 28.0 Å². The number of nitrogens with zero attached hydrogens (tertiary/aromatic N) is 3. The zero-order chi connectivity index (χ0) is 28.3. The maximum absolute atomic E-state index is 14.6. The van der Waals surface area contributed by atoms with Gasteiger partial charge in [0.05, 0.1) is 29.0 Å². The van der Waals surface area contributed by atoms with Crippen molar-refractivity contribution in [3.8, 4) is 23.1 Å².